The van der Waals surface area contributed by atoms with Crippen LogP contribution in [0.25, 0.3) is 0 Å². The van der Waals surface area contributed by atoms with Crippen molar-refractivity contribution in [2.45, 2.75) is 25.9 Å². The van der Waals surface area contributed by atoms with Gasteiger partial charge < -0.3 is 16.2 Å². The molecule has 0 aliphatic carbocycles. The summed E-state index contributed by atoms with van der Waals surface area (Å²) in [5.41, 5.74) is 5.55. The van der Waals surface area contributed by atoms with Crippen LogP contribution in [0.2, 0.25) is 0 Å². The van der Waals surface area contributed by atoms with Crippen molar-refractivity contribution in [2.24, 2.45) is 5.73 Å². The first-order valence-corrected chi connectivity index (χ1v) is 4.83. The highest BCUT2D eigenvalue weighted by molar-refractivity contribution is 5.77. The van der Waals surface area contributed by atoms with Crippen molar-refractivity contribution >= 4 is 17.6 Å². The molecule has 0 aromatic carbocycles. The lowest BCUT2D eigenvalue weighted by atomic mass is 10.2. The van der Waals surface area contributed by atoms with E-state index >= 15 is 0 Å². The molecule has 16 heavy (non-hydrogen) atoms. The van der Waals surface area contributed by atoms with Gasteiger partial charge in [0.15, 0.2) is 0 Å². The van der Waals surface area contributed by atoms with Crippen molar-refractivity contribution in [1.82, 2.24) is 9.78 Å². The summed E-state index contributed by atoms with van der Waals surface area (Å²) < 4.78 is 1.35. The summed E-state index contributed by atoms with van der Waals surface area (Å²) >= 11 is 0. The topological polar surface area (TPSA) is 110 Å². The van der Waals surface area contributed by atoms with Crippen LogP contribution in [0.4, 0.5) is 5.69 Å². The van der Waals surface area contributed by atoms with Gasteiger partial charge in [-0.15, -0.1) is 0 Å². The Labute approximate surface area is 92.2 Å². The number of aliphatic carboxylic acids is 1. The van der Waals surface area contributed by atoms with Crippen LogP contribution < -0.4 is 11.1 Å². The van der Waals surface area contributed by atoms with Crippen LogP contribution in [-0.4, -0.2) is 32.8 Å². The predicted molar refractivity (Wildman–Crippen MR) is 56.8 cm³/mol. The number of carbonyl (C=O) groups excluding carboxylic acids is 1. The number of carboxylic acids is 1. The second kappa shape index (κ2) is 5.15. The van der Waals surface area contributed by atoms with Gasteiger partial charge in [0.05, 0.1) is 11.9 Å². The van der Waals surface area contributed by atoms with Gasteiger partial charge in [-0.2, -0.15) is 5.10 Å². The van der Waals surface area contributed by atoms with Crippen molar-refractivity contribution in [3.63, 3.8) is 0 Å². The monoisotopic (exact) mass is 226 g/mol. The molecule has 7 nitrogen and oxygen atoms in total. The average molecular weight is 226 g/mol. The number of aromatic nitrogens is 2. The standard InChI is InChI=1S/C9H14N4O3/c1-2-7(9(15)16)12-6-3-11-13(4-6)5-8(10)14/h3-4,7,12H,2,5H2,1H3,(H2,10,14)(H,15,16). The third kappa shape index (κ3) is 3.26. The Morgan fingerprint density at radius 3 is 2.88 bits per heavy atom. The second-order valence-electron chi connectivity index (χ2n) is 3.34. The molecule has 1 unspecified atom stereocenters. The molecule has 1 amide bonds. The molecule has 88 valence electrons. The minimum atomic E-state index is -0.926. The number of hydrogen-bond donors (Lipinski definition) is 3. The SMILES string of the molecule is CCC(Nc1cnn(CC(N)=O)c1)C(=O)O. The lowest BCUT2D eigenvalue weighted by molar-refractivity contribution is -0.138. The normalized spacial score (nSPS) is 12.1. The number of carboxylic acid groups (broad SMARTS) is 1. The molecule has 1 atom stereocenters. The zero-order valence-corrected chi connectivity index (χ0v) is 8.88. The summed E-state index contributed by atoms with van der Waals surface area (Å²) in [6, 6.07) is -0.661. The molecule has 4 N–H and O–H groups in total. The molecule has 1 rings (SSSR count). The Bertz CT molecular complexity index is 388. The van der Waals surface area contributed by atoms with Gasteiger partial charge in [-0.25, -0.2) is 4.79 Å². The molecule has 1 aromatic rings. The highest BCUT2D eigenvalue weighted by Crippen LogP contribution is 2.08. The second-order valence-corrected chi connectivity index (χ2v) is 3.34. The van der Waals surface area contributed by atoms with Crippen LogP contribution in [0.3, 0.4) is 0 Å². The number of nitrogens with zero attached hydrogens (tertiary/aromatic N) is 2. The van der Waals surface area contributed by atoms with E-state index in [2.05, 4.69) is 10.4 Å². The summed E-state index contributed by atoms with van der Waals surface area (Å²) in [4.78, 5) is 21.4. The molecule has 1 aromatic heterocycles. The molecule has 0 aliphatic heterocycles. The molecule has 0 saturated heterocycles. The van der Waals surface area contributed by atoms with Crippen molar-refractivity contribution in [2.75, 3.05) is 5.32 Å². The van der Waals surface area contributed by atoms with Gasteiger partial charge >= 0.3 is 5.97 Å². The van der Waals surface area contributed by atoms with Crippen molar-refractivity contribution in [1.29, 1.82) is 0 Å². The van der Waals surface area contributed by atoms with Crippen LogP contribution in [0.5, 0.6) is 0 Å². The zero-order chi connectivity index (χ0) is 12.1. The summed E-state index contributed by atoms with van der Waals surface area (Å²) in [6.07, 6.45) is 3.45. The number of rotatable bonds is 6. The lowest BCUT2D eigenvalue weighted by Crippen LogP contribution is -2.28. The Balaban J connectivity index is 2.64. The number of carbonyl (C=O) groups is 2. The first kappa shape index (κ1) is 12.0. The summed E-state index contributed by atoms with van der Waals surface area (Å²) in [6.45, 7) is 1.74. The fourth-order valence-corrected chi connectivity index (χ4v) is 1.22. The van der Waals surface area contributed by atoms with Gasteiger partial charge in [0.1, 0.15) is 12.6 Å². The summed E-state index contributed by atoms with van der Waals surface area (Å²) in [7, 11) is 0. The van der Waals surface area contributed by atoms with E-state index in [4.69, 9.17) is 10.8 Å². The van der Waals surface area contributed by atoms with E-state index in [0.717, 1.165) is 0 Å². The Morgan fingerprint density at radius 1 is 1.69 bits per heavy atom. The Morgan fingerprint density at radius 2 is 2.38 bits per heavy atom. The maximum Gasteiger partial charge on any atom is 0.326 e. The number of primary amides is 1. The number of hydrogen-bond acceptors (Lipinski definition) is 4. The average Bonchev–Trinajstić information content (AvgIpc) is 2.60. The van der Waals surface area contributed by atoms with Crippen LogP contribution in [-0.2, 0) is 16.1 Å². The molecule has 0 spiro atoms. The Kier molecular flexibility index (Phi) is 3.87. The van der Waals surface area contributed by atoms with Gasteiger partial charge in [0.2, 0.25) is 5.91 Å². The van der Waals surface area contributed by atoms with E-state index in [1.807, 2.05) is 0 Å². The lowest BCUT2D eigenvalue weighted by Gasteiger charge is -2.10. The van der Waals surface area contributed by atoms with E-state index in [0.29, 0.717) is 12.1 Å². The highest BCUT2D eigenvalue weighted by Gasteiger charge is 2.15. The maximum absolute atomic E-state index is 10.8. The van der Waals surface area contributed by atoms with Gasteiger partial charge in [-0.1, -0.05) is 6.92 Å². The number of anilines is 1. The summed E-state index contributed by atoms with van der Waals surface area (Å²) in [5, 5.41) is 15.5. The highest BCUT2D eigenvalue weighted by atomic mass is 16.4. The molecular formula is C9H14N4O3. The number of amides is 1. The van der Waals surface area contributed by atoms with Crippen molar-refractivity contribution in [3.8, 4) is 0 Å². The van der Waals surface area contributed by atoms with Gasteiger partial charge in [-0.05, 0) is 6.42 Å². The maximum atomic E-state index is 10.8. The third-order valence-electron chi connectivity index (χ3n) is 2.00. The molecular weight excluding hydrogens is 212 g/mol. The molecule has 7 heteroatoms. The fourth-order valence-electron chi connectivity index (χ4n) is 1.22. The number of nitrogens with two attached hydrogens (primary N) is 1. The van der Waals surface area contributed by atoms with Gasteiger partial charge in [0, 0.05) is 6.20 Å². The first-order chi connectivity index (χ1) is 7.52. The third-order valence-corrected chi connectivity index (χ3v) is 2.00. The van der Waals surface area contributed by atoms with Crippen LogP contribution in [0.15, 0.2) is 12.4 Å². The van der Waals surface area contributed by atoms with E-state index in [1.165, 1.54) is 17.1 Å². The first-order valence-electron chi connectivity index (χ1n) is 4.83. The van der Waals surface area contributed by atoms with Crippen molar-refractivity contribution < 1.29 is 14.7 Å². The molecule has 0 saturated carbocycles. The molecule has 1 heterocycles. The van der Waals surface area contributed by atoms with Crippen LogP contribution in [0.1, 0.15) is 13.3 Å². The zero-order valence-electron chi connectivity index (χ0n) is 8.88. The predicted octanol–water partition coefficient (Wildman–Crippen LogP) is -0.357. The fraction of sp³-hybridized carbons (Fsp3) is 0.444. The number of nitrogens with one attached hydrogen (secondary N) is 1. The molecule has 0 radical (unpaired) electrons. The summed E-state index contributed by atoms with van der Waals surface area (Å²) in [5.74, 6) is -1.43. The van der Waals surface area contributed by atoms with E-state index in [-0.39, 0.29) is 6.54 Å². The van der Waals surface area contributed by atoms with Crippen LogP contribution in [0, 0.1) is 0 Å². The van der Waals surface area contributed by atoms with E-state index in [1.54, 1.807) is 6.92 Å². The molecule has 0 bridgehead atoms. The minimum Gasteiger partial charge on any atom is -0.480 e. The van der Waals surface area contributed by atoms with Crippen LogP contribution >= 0.6 is 0 Å². The minimum absolute atomic E-state index is 0.0223. The largest absolute Gasteiger partial charge is 0.480 e. The smallest absolute Gasteiger partial charge is 0.326 e. The molecule has 0 fully saturated rings. The molecule has 0 aliphatic rings. The van der Waals surface area contributed by atoms with Crippen molar-refractivity contribution in [3.05, 3.63) is 12.4 Å². The van der Waals surface area contributed by atoms with E-state index in [9.17, 15) is 9.59 Å². The quantitative estimate of drug-likeness (QED) is 0.613. The Hall–Kier alpha value is -2.05. The van der Waals surface area contributed by atoms with E-state index < -0.39 is 17.9 Å². The van der Waals surface area contributed by atoms with Gasteiger partial charge in [0.25, 0.3) is 0 Å². The van der Waals surface area contributed by atoms with Gasteiger partial charge in [-0.3, -0.25) is 9.48 Å².